The first-order chi connectivity index (χ1) is 6.82. The van der Waals surface area contributed by atoms with Crippen LogP contribution in [0.25, 0.3) is 0 Å². The first kappa shape index (κ1) is 12.0. The molecule has 0 aliphatic carbocycles. The van der Waals surface area contributed by atoms with E-state index in [-0.39, 0.29) is 5.56 Å². The second-order valence-electron chi connectivity index (χ2n) is 4.99. The van der Waals surface area contributed by atoms with Gasteiger partial charge in [0.2, 0.25) is 0 Å². The summed E-state index contributed by atoms with van der Waals surface area (Å²) in [4.78, 5) is 12.0. The third-order valence-corrected chi connectivity index (χ3v) is 2.28. The first-order valence-electron chi connectivity index (χ1n) is 5.31. The maximum Gasteiger partial charge on any atom is 0.255 e. The van der Waals surface area contributed by atoms with Crippen LogP contribution < -0.4 is 11.3 Å². The average molecular weight is 208 g/mol. The van der Waals surface area contributed by atoms with Crippen LogP contribution in [0.15, 0.2) is 23.1 Å². The van der Waals surface area contributed by atoms with Gasteiger partial charge in [-0.25, -0.2) is 0 Å². The molecule has 0 saturated heterocycles. The van der Waals surface area contributed by atoms with Gasteiger partial charge < -0.3 is 10.3 Å². The van der Waals surface area contributed by atoms with Gasteiger partial charge in [0.15, 0.2) is 0 Å². The molecule has 0 atom stereocenters. The van der Waals surface area contributed by atoms with Crippen LogP contribution in [0.2, 0.25) is 0 Å². The van der Waals surface area contributed by atoms with Gasteiger partial charge in [0.1, 0.15) is 0 Å². The molecule has 0 bridgehead atoms. The van der Waals surface area contributed by atoms with Gasteiger partial charge in [0, 0.05) is 23.8 Å². The van der Waals surface area contributed by atoms with Gasteiger partial charge in [-0.2, -0.15) is 0 Å². The molecule has 3 nitrogen and oxygen atoms in total. The second-order valence-corrected chi connectivity index (χ2v) is 4.99. The molecule has 0 aliphatic heterocycles. The van der Waals surface area contributed by atoms with Crippen LogP contribution >= 0.6 is 0 Å². The lowest BCUT2D eigenvalue weighted by molar-refractivity contribution is 0.488. The number of nitrogens with zero attached hydrogens (tertiary/aromatic N) is 1. The highest BCUT2D eigenvalue weighted by Gasteiger charge is 2.18. The summed E-state index contributed by atoms with van der Waals surface area (Å²) in [6.45, 7) is 8.62. The fourth-order valence-corrected chi connectivity index (χ4v) is 1.56. The topological polar surface area (TPSA) is 48.0 Å². The predicted octanol–water partition coefficient (Wildman–Crippen LogP) is 1.70. The summed E-state index contributed by atoms with van der Waals surface area (Å²) in [7, 11) is 0. The number of nitrogens with two attached hydrogens (primary N) is 1. The number of pyridine rings is 1. The van der Waals surface area contributed by atoms with E-state index in [1.54, 1.807) is 10.6 Å². The third-order valence-electron chi connectivity index (χ3n) is 2.28. The number of hydrogen-bond donors (Lipinski definition) is 1. The zero-order chi connectivity index (χ0) is 11.6. The van der Waals surface area contributed by atoms with Gasteiger partial charge in [0.05, 0.1) is 0 Å². The van der Waals surface area contributed by atoms with Crippen molar-refractivity contribution in [3.05, 3.63) is 34.2 Å². The fourth-order valence-electron chi connectivity index (χ4n) is 1.56. The molecule has 1 aromatic rings. The van der Waals surface area contributed by atoms with Crippen molar-refractivity contribution in [1.29, 1.82) is 0 Å². The van der Waals surface area contributed by atoms with Crippen molar-refractivity contribution in [3.63, 3.8) is 0 Å². The average Bonchev–Trinajstić information content (AvgIpc) is 2.05. The first-order valence-corrected chi connectivity index (χ1v) is 5.31. The normalized spacial score (nSPS) is 12.1. The summed E-state index contributed by atoms with van der Waals surface area (Å²) in [5, 5.41) is 0. The molecule has 0 fully saturated rings. The highest BCUT2D eigenvalue weighted by atomic mass is 16.1. The monoisotopic (exact) mass is 208 g/mol. The summed E-state index contributed by atoms with van der Waals surface area (Å²) in [5.74, 6) is 0.457. The van der Waals surface area contributed by atoms with E-state index < -0.39 is 5.54 Å². The minimum atomic E-state index is -0.572. The highest BCUT2D eigenvalue weighted by molar-refractivity contribution is 5.18. The summed E-state index contributed by atoms with van der Waals surface area (Å²) >= 11 is 0. The number of aromatic nitrogens is 1. The Morgan fingerprint density at radius 1 is 1.47 bits per heavy atom. The van der Waals surface area contributed by atoms with E-state index in [1.165, 1.54) is 0 Å². The molecule has 1 aromatic heterocycles. The molecular formula is C12H20N2O. The van der Waals surface area contributed by atoms with E-state index in [4.69, 9.17) is 5.73 Å². The van der Waals surface area contributed by atoms with Crippen LogP contribution in [0.3, 0.4) is 0 Å². The van der Waals surface area contributed by atoms with Crippen molar-refractivity contribution in [2.45, 2.75) is 39.8 Å². The van der Waals surface area contributed by atoms with Crippen molar-refractivity contribution < 1.29 is 0 Å². The maximum absolute atomic E-state index is 12.0. The Labute approximate surface area is 90.9 Å². The Morgan fingerprint density at radius 3 is 2.53 bits per heavy atom. The standard InChI is InChI=1S/C12H20N2O/c1-9(2)8-14-7-5-6-10(11(14)15)12(3,4)13/h5-7,9H,8,13H2,1-4H3. The Hall–Kier alpha value is -1.09. The van der Waals surface area contributed by atoms with Crippen molar-refractivity contribution in [2.24, 2.45) is 11.7 Å². The van der Waals surface area contributed by atoms with Crippen molar-refractivity contribution in [3.8, 4) is 0 Å². The minimum Gasteiger partial charge on any atom is -0.322 e. The lowest BCUT2D eigenvalue weighted by atomic mass is 9.97. The van der Waals surface area contributed by atoms with Crippen LogP contribution in [-0.2, 0) is 12.1 Å². The summed E-state index contributed by atoms with van der Waals surface area (Å²) in [5.41, 5.74) is 6.07. The molecule has 1 heterocycles. The van der Waals surface area contributed by atoms with E-state index >= 15 is 0 Å². The second kappa shape index (κ2) is 4.19. The molecule has 0 radical (unpaired) electrons. The number of hydrogen-bond acceptors (Lipinski definition) is 2. The van der Waals surface area contributed by atoms with E-state index in [0.717, 1.165) is 6.54 Å². The van der Waals surface area contributed by atoms with E-state index in [1.807, 2.05) is 26.1 Å². The third kappa shape index (κ3) is 2.93. The van der Waals surface area contributed by atoms with Crippen LogP contribution in [0.5, 0.6) is 0 Å². The Kier molecular flexibility index (Phi) is 3.35. The van der Waals surface area contributed by atoms with Crippen molar-refractivity contribution in [1.82, 2.24) is 4.57 Å². The lowest BCUT2D eigenvalue weighted by Gasteiger charge is -2.19. The molecule has 0 aromatic carbocycles. The van der Waals surface area contributed by atoms with Crippen LogP contribution in [0.4, 0.5) is 0 Å². The minimum absolute atomic E-state index is 0.0266. The predicted molar refractivity (Wildman–Crippen MR) is 62.8 cm³/mol. The molecule has 0 saturated carbocycles. The molecule has 0 unspecified atom stereocenters. The van der Waals surface area contributed by atoms with Gasteiger partial charge in [-0.05, 0) is 25.8 Å². The Balaban J connectivity index is 3.18. The highest BCUT2D eigenvalue weighted by Crippen LogP contribution is 2.11. The van der Waals surface area contributed by atoms with Gasteiger partial charge in [-0.15, -0.1) is 0 Å². The zero-order valence-electron chi connectivity index (χ0n) is 9.95. The SMILES string of the molecule is CC(C)Cn1cccc(C(C)(C)N)c1=O. The van der Waals surface area contributed by atoms with Gasteiger partial charge in [-0.1, -0.05) is 19.9 Å². The van der Waals surface area contributed by atoms with Crippen LogP contribution in [-0.4, -0.2) is 4.57 Å². The van der Waals surface area contributed by atoms with E-state index in [2.05, 4.69) is 13.8 Å². The molecule has 1 rings (SSSR count). The number of rotatable bonds is 3. The Morgan fingerprint density at radius 2 is 2.07 bits per heavy atom. The molecule has 84 valence electrons. The smallest absolute Gasteiger partial charge is 0.255 e. The summed E-state index contributed by atoms with van der Waals surface area (Å²) in [6.07, 6.45) is 1.82. The molecule has 0 aliphatic rings. The van der Waals surface area contributed by atoms with Gasteiger partial charge in [-0.3, -0.25) is 4.79 Å². The summed E-state index contributed by atoms with van der Waals surface area (Å²) < 4.78 is 1.73. The van der Waals surface area contributed by atoms with Crippen molar-refractivity contribution in [2.75, 3.05) is 0 Å². The van der Waals surface area contributed by atoms with Crippen LogP contribution in [0, 0.1) is 5.92 Å². The maximum atomic E-state index is 12.0. The van der Waals surface area contributed by atoms with Gasteiger partial charge >= 0.3 is 0 Å². The zero-order valence-corrected chi connectivity index (χ0v) is 9.95. The largest absolute Gasteiger partial charge is 0.322 e. The molecule has 2 N–H and O–H groups in total. The Bertz CT molecular complexity index is 385. The molecular weight excluding hydrogens is 188 g/mol. The summed E-state index contributed by atoms with van der Waals surface area (Å²) in [6, 6.07) is 3.69. The van der Waals surface area contributed by atoms with Crippen molar-refractivity contribution >= 4 is 0 Å². The fraction of sp³-hybridized carbons (Fsp3) is 0.583. The quantitative estimate of drug-likeness (QED) is 0.821. The molecule has 3 heteroatoms. The lowest BCUT2D eigenvalue weighted by Crippen LogP contribution is -2.38. The van der Waals surface area contributed by atoms with Crippen LogP contribution in [0.1, 0.15) is 33.3 Å². The molecule has 0 spiro atoms. The van der Waals surface area contributed by atoms with Gasteiger partial charge in [0.25, 0.3) is 5.56 Å². The molecule has 15 heavy (non-hydrogen) atoms. The van der Waals surface area contributed by atoms with E-state index in [9.17, 15) is 4.79 Å². The van der Waals surface area contributed by atoms with E-state index in [0.29, 0.717) is 11.5 Å². The molecule has 0 amide bonds.